The van der Waals surface area contributed by atoms with Crippen LogP contribution in [0, 0.1) is 13.8 Å². The number of aromatic hydroxyl groups is 2. The van der Waals surface area contributed by atoms with Crippen LogP contribution in [0.3, 0.4) is 0 Å². The van der Waals surface area contributed by atoms with E-state index < -0.39 is 27.1 Å². The lowest BCUT2D eigenvalue weighted by atomic mass is 9.97. The smallest absolute Gasteiger partial charge is 0.507 e. The second-order valence-corrected chi connectivity index (χ2v) is 7.28. The van der Waals surface area contributed by atoms with Crippen molar-refractivity contribution in [1.29, 1.82) is 0 Å². The zero-order valence-electron chi connectivity index (χ0n) is 12.4. The Hall–Kier alpha value is -1.80. The predicted molar refractivity (Wildman–Crippen MR) is 82.1 cm³/mol. The number of aryl methyl sites for hydroxylation is 2. The van der Waals surface area contributed by atoms with E-state index >= 15 is 0 Å². The molecular weight excluding hydrogens is 366 g/mol. The third kappa shape index (κ3) is 3.81. The second-order valence-electron chi connectivity index (χ2n) is 4.95. The van der Waals surface area contributed by atoms with E-state index in [9.17, 15) is 19.3 Å². The van der Waals surface area contributed by atoms with Crippen LogP contribution in [0.5, 0.6) is 23.0 Å². The summed E-state index contributed by atoms with van der Waals surface area (Å²) >= 11 is 0. The summed E-state index contributed by atoms with van der Waals surface area (Å²) in [5, 5.41) is 20.0. The average Bonchev–Trinajstić information content (AvgIpc) is 2.36. The van der Waals surface area contributed by atoms with E-state index in [1.807, 2.05) is 0 Å². The molecule has 2 aromatic rings. The normalized spacial score (nSPS) is 12.4. The van der Waals surface area contributed by atoms with Crippen LogP contribution in [0.15, 0.2) is 12.1 Å². The molecule has 0 fully saturated rings. The van der Waals surface area contributed by atoms with Gasteiger partial charge in [-0.1, -0.05) is 0 Å². The van der Waals surface area contributed by atoms with Gasteiger partial charge in [0, 0.05) is 28.6 Å². The van der Waals surface area contributed by atoms with Crippen molar-refractivity contribution in [1.82, 2.24) is 0 Å². The molecule has 2 aromatic carbocycles. The Morgan fingerprint density at radius 2 is 1.08 bits per heavy atom. The third-order valence-electron chi connectivity index (χ3n) is 3.22. The molecule has 0 heterocycles. The van der Waals surface area contributed by atoms with Crippen LogP contribution in [0.25, 0.3) is 10.8 Å². The van der Waals surface area contributed by atoms with Gasteiger partial charge in [0.15, 0.2) is 0 Å². The molecule has 10 nitrogen and oxygen atoms in total. The maximum absolute atomic E-state index is 11.0. The fourth-order valence-corrected chi connectivity index (χ4v) is 3.24. The SMILES string of the molecule is Cc1c(OP(=O)(O)O)cc(O)c2c(O)cc(OP(=O)(O)O)c(C)c12. The largest absolute Gasteiger partial charge is 0.524 e. The summed E-state index contributed by atoms with van der Waals surface area (Å²) in [6, 6.07) is 1.83. The fraction of sp³-hybridized carbons (Fsp3) is 0.167. The van der Waals surface area contributed by atoms with Gasteiger partial charge in [0.1, 0.15) is 23.0 Å². The minimum absolute atomic E-state index is 0.0712. The van der Waals surface area contributed by atoms with Crippen LogP contribution < -0.4 is 9.05 Å². The van der Waals surface area contributed by atoms with Crippen molar-refractivity contribution in [3.63, 3.8) is 0 Å². The summed E-state index contributed by atoms with van der Waals surface area (Å²) in [7, 11) is -9.83. The molecule has 0 saturated heterocycles. The Morgan fingerprint density at radius 1 is 0.750 bits per heavy atom. The van der Waals surface area contributed by atoms with E-state index in [2.05, 4.69) is 9.05 Å². The van der Waals surface area contributed by atoms with E-state index in [4.69, 9.17) is 19.6 Å². The van der Waals surface area contributed by atoms with Crippen molar-refractivity contribution < 1.29 is 48.0 Å². The minimum atomic E-state index is -4.91. The van der Waals surface area contributed by atoms with E-state index in [-0.39, 0.29) is 33.4 Å². The van der Waals surface area contributed by atoms with Gasteiger partial charge in [-0.25, -0.2) is 9.13 Å². The van der Waals surface area contributed by atoms with Crippen LogP contribution in [-0.2, 0) is 9.13 Å². The number of phenolic OH excluding ortho intramolecular Hbond substituents is 2. The molecule has 0 atom stereocenters. The van der Waals surface area contributed by atoms with Gasteiger partial charge in [0.05, 0.1) is 5.39 Å². The van der Waals surface area contributed by atoms with Crippen LogP contribution in [-0.4, -0.2) is 29.8 Å². The molecule has 0 aliphatic carbocycles. The molecule has 132 valence electrons. The van der Waals surface area contributed by atoms with E-state index in [0.29, 0.717) is 0 Å². The zero-order valence-corrected chi connectivity index (χ0v) is 14.2. The quantitative estimate of drug-likeness (QED) is 0.429. The first-order chi connectivity index (χ1) is 10.8. The first kappa shape index (κ1) is 18.5. The molecule has 0 aromatic heterocycles. The molecule has 12 heteroatoms. The number of phosphoric acid groups is 2. The molecule has 2 rings (SSSR count). The van der Waals surface area contributed by atoms with E-state index in [0.717, 1.165) is 12.1 Å². The molecular formula is C12H14O10P2. The second kappa shape index (κ2) is 5.93. The molecule has 0 radical (unpaired) electrons. The lowest BCUT2D eigenvalue weighted by molar-refractivity contribution is 0.280. The highest BCUT2D eigenvalue weighted by atomic mass is 31.2. The number of rotatable bonds is 4. The first-order valence-corrected chi connectivity index (χ1v) is 9.35. The van der Waals surface area contributed by atoms with Gasteiger partial charge in [-0.3, -0.25) is 19.6 Å². The maximum atomic E-state index is 11.0. The highest BCUT2D eigenvalue weighted by Gasteiger charge is 2.25. The van der Waals surface area contributed by atoms with Gasteiger partial charge in [-0.2, -0.15) is 0 Å². The number of benzene rings is 2. The Bertz CT molecular complexity index is 839. The standard InChI is InChI=1S/C12H14O10P2/c1-5-9(21-23(15,16)17)3-7(13)12-8(14)4-10(6(2)11(5)12)22-24(18,19)20/h3-4,13-14H,1-2H3,(H2,15,16,17)(H2,18,19,20). The fourth-order valence-electron chi connectivity index (χ4n) is 2.35. The van der Waals surface area contributed by atoms with Crippen LogP contribution in [0.4, 0.5) is 0 Å². The zero-order chi connectivity index (χ0) is 18.4. The van der Waals surface area contributed by atoms with Gasteiger partial charge < -0.3 is 19.3 Å². The molecule has 0 spiro atoms. The van der Waals surface area contributed by atoms with Crippen LogP contribution in [0.2, 0.25) is 0 Å². The molecule has 6 N–H and O–H groups in total. The molecule has 0 saturated carbocycles. The highest BCUT2D eigenvalue weighted by molar-refractivity contribution is 7.47. The van der Waals surface area contributed by atoms with Crippen molar-refractivity contribution in [2.45, 2.75) is 13.8 Å². The first-order valence-electron chi connectivity index (χ1n) is 6.29. The van der Waals surface area contributed by atoms with Crippen LogP contribution in [0.1, 0.15) is 11.1 Å². The summed E-state index contributed by atoms with van der Waals surface area (Å²) in [4.78, 5) is 35.7. The lowest BCUT2D eigenvalue weighted by Crippen LogP contribution is -1.97. The van der Waals surface area contributed by atoms with Gasteiger partial charge in [-0.15, -0.1) is 0 Å². The summed E-state index contributed by atoms with van der Waals surface area (Å²) in [5.41, 5.74) is 0.241. The molecule has 0 bridgehead atoms. The Morgan fingerprint density at radius 3 is 1.38 bits per heavy atom. The van der Waals surface area contributed by atoms with E-state index in [1.165, 1.54) is 13.8 Å². The van der Waals surface area contributed by atoms with Gasteiger partial charge in [0.2, 0.25) is 0 Å². The van der Waals surface area contributed by atoms with Crippen LogP contribution >= 0.6 is 15.6 Å². The Labute approximate surface area is 135 Å². The minimum Gasteiger partial charge on any atom is -0.507 e. The number of hydrogen-bond donors (Lipinski definition) is 6. The van der Waals surface area contributed by atoms with Crippen molar-refractivity contribution in [3.05, 3.63) is 23.3 Å². The topological polar surface area (TPSA) is 174 Å². The number of phosphoric ester groups is 2. The van der Waals surface area contributed by atoms with Crippen molar-refractivity contribution in [3.8, 4) is 23.0 Å². The Kier molecular flexibility index (Phi) is 4.58. The van der Waals surface area contributed by atoms with Crippen molar-refractivity contribution in [2.24, 2.45) is 0 Å². The summed E-state index contributed by atoms with van der Waals surface area (Å²) in [6.45, 7) is 2.78. The van der Waals surface area contributed by atoms with Crippen molar-refractivity contribution in [2.75, 3.05) is 0 Å². The number of hydrogen-bond acceptors (Lipinski definition) is 6. The van der Waals surface area contributed by atoms with E-state index in [1.54, 1.807) is 0 Å². The number of fused-ring (bicyclic) bond motifs is 1. The third-order valence-corrected chi connectivity index (χ3v) is 4.09. The molecule has 0 aliphatic heterocycles. The van der Waals surface area contributed by atoms with Gasteiger partial charge in [-0.05, 0) is 13.8 Å². The highest BCUT2D eigenvalue weighted by Crippen LogP contribution is 2.49. The molecule has 0 aliphatic rings. The lowest BCUT2D eigenvalue weighted by Gasteiger charge is -2.18. The van der Waals surface area contributed by atoms with Crippen molar-refractivity contribution >= 4 is 26.4 Å². The monoisotopic (exact) mass is 380 g/mol. The molecule has 0 unspecified atom stereocenters. The predicted octanol–water partition coefficient (Wildman–Crippen LogP) is 1.81. The van der Waals surface area contributed by atoms with Gasteiger partial charge >= 0.3 is 15.6 Å². The molecule has 24 heavy (non-hydrogen) atoms. The summed E-state index contributed by atoms with van der Waals surface area (Å²) in [6.07, 6.45) is 0. The summed E-state index contributed by atoms with van der Waals surface area (Å²) in [5.74, 6) is -1.79. The average molecular weight is 380 g/mol. The maximum Gasteiger partial charge on any atom is 0.524 e. The Balaban J connectivity index is 2.83. The summed E-state index contributed by atoms with van der Waals surface area (Å²) < 4.78 is 31.0. The number of phenols is 2. The van der Waals surface area contributed by atoms with Gasteiger partial charge in [0.25, 0.3) is 0 Å². The molecule has 0 amide bonds.